The van der Waals surface area contributed by atoms with Gasteiger partial charge in [-0.3, -0.25) is 4.79 Å². The molecule has 0 radical (unpaired) electrons. The van der Waals surface area contributed by atoms with Gasteiger partial charge in [0, 0.05) is 12.6 Å². The molecule has 0 heterocycles. The van der Waals surface area contributed by atoms with Crippen molar-refractivity contribution in [2.45, 2.75) is 58.2 Å². The molecule has 4 nitrogen and oxygen atoms in total. The summed E-state index contributed by atoms with van der Waals surface area (Å²) < 4.78 is 5.44. The second-order valence-corrected chi connectivity index (χ2v) is 4.67. The molecular formula is C12H24N2O2. The van der Waals surface area contributed by atoms with E-state index in [2.05, 4.69) is 5.32 Å². The third-order valence-corrected chi connectivity index (χ3v) is 3.40. The second kappa shape index (κ2) is 6.21. The molecule has 0 aromatic rings. The Morgan fingerprint density at radius 1 is 1.50 bits per heavy atom. The smallest absolute Gasteiger partial charge is 0.237 e. The first-order valence-electron chi connectivity index (χ1n) is 6.26. The van der Waals surface area contributed by atoms with Crippen LogP contribution < -0.4 is 11.1 Å². The molecule has 0 aromatic heterocycles. The van der Waals surface area contributed by atoms with Crippen LogP contribution in [-0.4, -0.2) is 30.7 Å². The molecule has 16 heavy (non-hydrogen) atoms. The van der Waals surface area contributed by atoms with E-state index < -0.39 is 0 Å². The first-order chi connectivity index (χ1) is 7.58. The number of amides is 1. The van der Waals surface area contributed by atoms with E-state index in [0.29, 0.717) is 6.10 Å². The van der Waals surface area contributed by atoms with Gasteiger partial charge in [0.05, 0.1) is 12.1 Å². The topological polar surface area (TPSA) is 64.3 Å². The first-order valence-corrected chi connectivity index (χ1v) is 6.26. The van der Waals surface area contributed by atoms with Gasteiger partial charge in [-0.15, -0.1) is 0 Å². The van der Waals surface area contributed by atoms with E-state index in [1.807, 2.05) is 20.8 Å². The third kappa shape index (κ3) is 3.46. The minimum Gasteiger partial charge on any atom is -0.378 e. The normalized spacial score (nSPS) is 28.0. The number of ether oxygens (including phenoxy) is 1. The van der Waals surface area contributed by atoms with Crippen molar-refractivity contribution in [3.05, 3.63) is 0 Å². The van der Waals surface area contributed by atoms with E-state index in [-0.39, 0.29) is 23.9 Å². The highest BCUT2D eigenvalue weighted by Gasteiger charge is 2.32. The molecule has 0 spiro atoms. The highest BCUT2D eigenvalue weighted by atomic mass is 16.5. The van der Waals surface area contributed by atoms with E-state index in [9.17, 15) is 4.79 Å². The standard InChI is InChI=1S/C12H24N2O2/c1-4-8(3)11(13)12(15)14-9-6-10(7-9)16-5-2/h8-11H,4-7,13H2,1-3H3,(H,14,15). The van der Waals surface area contributed by atoms with Gasteiger partial charge in [-0.1, -0.05) is 20.3 Å². The number of hydrogen-bond acceptors (Lipinski definition) is 3. The summed E-state index contributed by atoms with van der Waals surface area (Å²) in [5, 5.41) is 2.98. The molecule has 1 rings (SSSR count). The molecule has 1 aliphatic rings. The van der Waals surface area contributed by atoms with Gasteiger partial charge in [-0.25, -0.2) is 0 Å². The maximum Gasteiger partial charge on any atom is 0.237 e. The number of nitrogens with two attached hydrogens (primary N) is 1. The van der Waals surface area contributed by atoms with Crippen molar-refractivity contribution in [2.24, 2.45) is 11.7 Å². The van der Waals surface area contributed by atoms with Gasteiger partial charge in [-0.05, 0) is 25.7 Å². The molecular weight excluding hydrogens is 204 g/mol. The highest BCUT2D eigenvalue weighted by molar-refractivity contribution is 5.82. The molecule has 94 valence electrons. The lowest BCUT2D eigenvalue weighted by Crippen LogP contribution is -2.53. The van der Waals surface area contributed by atoms with Gasteiger partial charge in [0.25, 0.3) is 0 Å². The van der Waals surface area contributed by atoms with Crippen molar-refractivity contribution >= 4 is 5.91 Å². The van der Waals surface area contributed by atoms with Gasteiger partial charge in [0.2, 0.25) is 5.91 Å². The Balaban J connectivity index is 2.21. The van der Waals surface area contributed by atoms with Crippen LogP contribution in [0.2, 0.25) is 0 Å². The number of hydrogen-bond donors (Lipinski definition) is 2. The zero-order chi connectivity index (χ0) is 12.1. The Morgan fingerprint density at radius 2 is 2.12 bits per heavy atom. The maximum absolute atomic E-state index is 11.7. The molecule has 0 bridgehead atoms. The van der Waals surface area contributed by atoms with Gasteiger partial charge in [0.1, 0.15) is 0 Å². The summed E-state index contributed by atoms with van der Waals surface area (Å²) >= 11 is 0. The number of carbonyl (C=O) groups excluding carboxylic acids is 1. The summed E-state index contributed by atoms with van der Waals surface area (Å²) in [6.45, 7) is 6.79. The monoisotopic (exact) mass is 228 g/mol. The Kier molecular flexibility index (Phi) is 5.22. The van der Waals surface area contributed by atoms with Crippen LogP contribution in [0.15, 0.2) is 0 Å². The van der Waals surface area contributed by atoms with Crippen LogP contribution in [0.5, 0.6) is 0 Å². The summed E-state index contributed by atoms with van der Waals surface area (Å²) in [5.41, 5.74) is 5.85. The van der Waals surface area contributed by atoms with Crippen molar-refractivity contribution < 1.29 is 9.53 Å². The lowest BCUT2D eigenvalue weighted by molar-refractivity contribution is -0.126. The Morgan fingerprint density at radius 3 is 2.62 bits per heavy atom. The fourth-order valence-electron chi connectivity index (χ4n) is 1.87. The molecule has 1 saturated carbocycles. The molecule has 0 aliphatic heterocycles. The molecule has 1 fully saturated rings. The number of rotatable bonds is 6. The lowest BCUT2D eigenvalue weighted by atomic mass is 9.88. The molecule has 4 heteroatoms. The predicted octanol–water partition coefficient (Wildman–Crippen LogP) is 1.04. The third-order valence-electron chi connectivity index (χ3n) is 3.40. The van der Waals surface area contributed by atoms with Crippen LogP contribution in [0.1, 0.15) is 40.0 Å². The maximum atomic E-state index is 11.7. The van der Waals surface area contributed by atoms with E-state index in [4.69, 9.17) is 10.5 Å². The van der Waals surface area contributed by atoms with E-state index in [1.165, 1.54) is 0 Å². The van der Waals surface area contributed by atoms with Crippen LogP contribution >= 0.6 is 0 Å². The zero-order valence-corrected chi connectivity index (χ0v) is 10.5. The predicted molar refractivity (Wildman–Crippen MR) is 64.0 cm³/mol. The average Bonchev–Trinajstić information content (AvgIpc) is 2.23. The average molecular weight is 228 g/mol. The summed E-state index contributed by atoms with van der Waals surface area (Å²) in [6, 6.07) is -0.115. The van der Waals surface area contributed by atoms with Gasteiger partial charge in [0.15, 0.2) is 0 Å². The molecule has 2 unspecified atom stereocenters. The van der Waals surface area contributed by atoms with E-state index in [0.717, 1.165) is 25.9 Å². The van der Waals surface area contributed by atoms with E-state index >= 15 is 0 Å². The molecule has 3 N–H and O–H groups in total. The van der Waals surface area contributed by atoms with Gasteiger partial charge >= 0.3 is 0 Å². The summed E-state index contributed by atoms with van der Waals surface area (Å²) in [6.07, 6.45) is 3.11. The fourth-order valence-corrected chi connectivity index (χ4v) is 1.87. The summed E-state index contributed by atoms with van der Waals surface area (Å²) in [4.78, 5) is 11.7. The Hall–Kier alpha value is -0.610. The van der Waals surface area contributed by atoms with E-state index in [1.54, 1.807) is 0 Å². The Bertz CT molecular complexity index is 227. The molecule has 1 amide bonds. The van der Waals surface area contributed by atoms with Gasteiger partial charge < -0.3 is 15.8 Å². The lowest BCUT2D eigenvalue weighted by Gasteiger charge is -2.36. The van der Waals surface area contributed by atoms with Gasteiger partial charge in [-0.2, -0.15) is 0 Å². The van der Waals surface area contributed by atoms with Crippen molar-refractivity contribution in [3.63, 3.8) is 0 Å². The quantitative estimate of drug-likeness (QED) is 0.714. The molecule has 0 aromatic carbocycles. The number of nitrogens with one attached hydrogen (secondary N) is 1. The first kappa shape index (κ1) is 13.5. The number of carbonyl (C=O) groups is 1. The largest absolute Gasteiger partial charge is 0.378 e. The second-order valence-electron chi connectivity index (χ2n) is 4.67. The van der Waals surface area contributed by atoms with Crippen molar-refractivity contribution in [1.29, 1.82) is 0 Å². The molecule has 2 atom stereocenters. The zero-order valence-electron chi connectivity index (χ0n) is 10.5. The minimum absolute atomic E-state index is 0.0192. The minimum atomic E-state index is -0.379. The van der Waals surface area contributed by atoms with Crippen LogP contribution in [0.25, 0.3) is 0 Å². The molecule has 1 aliphatic carbocycles. The summed E-state index contributed by atoms with van der Waals surface area (Å²) in [7, 11) is 0. The SMILES string of the molecule is CCOC1CC(NC(=O)C(N)C(C)CC)C1. The highest BCUT2D eigenvalue weighted by Crippen LogP contribution is 2.23. The molecule has 0 saturated heterocycles. The van der Waals surface area contributed by atoms with Crippen LogP contribution in [0, 0.1) is 5.92 Å². The van der Waals surface area contributed by atoms with Crippen molar-refractivity contribution in [2.75, 3.05) is 6.61 Å². The summed E-state index contributed by atoms with van der Waals surface area (Å²) in [5.74, 6) is 0.220. The van der Waals surface area contributed by atoms with Crippen molar-refractivity contribution in [1.82, 2.24) is 5.32 Å². The van der Waals surface area contributed by atoms with Crippen LogP contribution in [0.3, 0.4) is 0 Å². The van der Waals surface area contributed by atoms with Crippen LogP contribution in [-0.2, 0) is 9.53 Å². The Labute approximate surface area is 97.9 Å². The fraction of sp³-hybridized carbons (Fsp3) is 0.917. The van der Waals surface area contributed by atoms with Crippen LogP contribution in [0.4, 0.5) is 0 Å². The van der Waals surface area contributed by atoms with Crippen molar-refractivity contribution in [3.8, 4) is 0 Å².